The summed E-state index contributed by atoms with van der Waals surface area (Å²) >= 11 is 5.90. The predicted molar refractivity (Wildman–Crippen MR) is 87.9 cm³/mol. The van der Waals surface area contributed by atoms with Crippen LogP contribution in [-0.4, -0.2) is 23.9 Å². The van der Waals surface area contributed by atoms with Crippen molar-refractivity contribution in [1.82, 2.24) is 4.90 Å². The van der Waals surface area contributed by atoms with Gasteiger partial charge in [0, 0.05) is 29.4 Å². The summed E-state index contributed by atoms with van der Waals surface area (Å²) in [6.07, 6.45) is 2.22. The lowest BCUT2D eigenvalue weighted by Crippen LogP contribution is -2.38. The van der Waals surface area contributed by atoms with Gasteiger partial charge in [-0.05, 0) is 49.1 Å². The molecule has 1 aliphatic rings. The molecule has 2 aromatic rings. The second-order valence-corrected chi connectivity index (χ2v) is 6.33. The van der Waals surface area contributed by atoms with Gasteiger partial charge in [-0.3, -0.25) is 4.79 Å². The van der Waals surface area contributed by atoms with Crippen LogP contribution in [0.4, 0.5) is 5.69 Å². The summed E-state index contributed by atoms with van der Waals surface area (Å²) < 4.78 is 5.73. The van der Waals surface area contributed by atoms with E-state index in [2.05, 4.69) is 6.92 Å². The van der Waals surface area contributed by atoms with Gasteiger partial charge in [0.1, 0.15) is 5.76 Å². The van der Waals surface area contributed by atoms with E-state index in [1.54, 1.807) is 30.3 Å². The number of hydrogen-bond donors (Lipinski definition) is 1. The van der Waals surface area contributed by atoms with Crippen LogP contribution in [0.2, 0.25) is 5.02 Å². The van der Waals surface area contributed by atoms with Gasteiger partial charge >= 0.3 is 0 Å². The summed E-state index contributed by atoms with van der Waals surface area (Å²) in [6, 6.07) is 8.72. The normalized spacial score (nSPS) is 18.5. The van der Waals surface area contributed by atoms with Gasteiger partial charge in [0.15, 0.2) is 5.76 Å². The van der Waals surface area contributed by atoms with E-state index in [0.717, 1.165) is 25.1 Å². The summed E-state index contributed by atoms with van der Waals surface area (Å²) in [5.74, 6) is 1.44. The number of nitrogens with zero attached hydrogens (tertiary/aromatic N) is 1. The molecule has 0 spiro atoms. The topological polar surface area (TPSA) is 59.5 Å². The third-order valence-corrected chi connectivity index (χ3v) is 4.28. The monoisotopic (exact) mass is 318 g/mol. The van der Waals surface area contributed by atoms with Gasteiger partial charge in [0.25, 0.3) is 5.91 Å². The van der Waals surface area contributed by atoms with Gasteiger partial charge in [-0.2, -0.15) is 0 Å². The first kappa shape index (κ1) is 15.0. The van der Waals surface area contributed by atoms with Crippen molar-refractivity contribution >= 4 is 23.2 Å². The fourth-order valence-electron chi connectivity index (χ4n) is 2.89. The predicted octanol–water partition coefficient (Wildman–Crippen LogP) is 4.05. The van der Waals surface area contributed by atoms with Gasteiger partial charge in [-0.25, -0.2) is 0 Å². The number of rotatable bonds is 2. The summed E-state index contributed by atoms with van der Waals surface area (Å²) in [6.45, 7) is 3.75. The maximum Gasteiger partial charge on any atom is 0.289 e. The highest BCUT2D eigenvalue weighted by atomic mass is 35.5. The molecule has 1 aromatic carbocycles. The third-order valence-electron chi connectivity index (χ3n) is 4.04. The zero-order valence-corrected chi connectivity index (χ0v) is 13.3. The number of hydrogen-bond acceptors (Lipinski definition) is 3. The van der Waals surface area contributed by atoms with E-state index in [4.69, 9.17) is 21.8 Å². The number of anilines is 1. The molecule has 1 saturated heterocycles. The number of piperidine rings is 1. The van der Waals surface area contributed by atoms with Crippen LogP contribution in [0.15, 0.2) is 34.7 Å². The second kappa shape index (κ2) is 6.05. The van der Waals surface area contributed by atoms with Crippen LogP contribution in [0.5, 0.6) is 0 Å². The first-order valence-electron chi connectivity index (χ1n) is 7.49. The molecule has 1 fully saturated rings. The minimum absolute atomic E-state index is 0.0506. The van der Waals surface area contributed by atoms with Crippen molar-refractivity contribution in [2.24, 2.45) is 5.92 Å². The largest absolute Gasteiger partial charge is 0.451 e. The van der Waals surface area contributed by atoms with E-state index < -0.39 is 0 Å². The minimum Gasteiger partial charge on any atom is -0.451 e. The molecule has 0 radical (unpaired) electrons. The van der Waals surface area contributed by atoms with Gasteiger partial charge in [-0.15, -0.1) is 0 Å². The number of benzene rings is 1. The van der Waals surface area contributed by atoms with E-state index in [0.29, 0.717) is 28.1 Å². The molecule has 5 heteroatoms. The highest BCUT2D eigenvalue weighted by Crippen LogP contribution is 2.30. The van der Waals surface area contributed by atoms with E-state index in [1.807, 2.05) is 4.90 Å². The molecule has 0 bridgehead atoms. The average Bonchev–Trinajstić information content (AvgIpc) is 2.96. The summed E-state index contributed by atoms with van der Waals surface area (Å²) in [5, 5.41) is 0.575. The lowest BCUT2D eigenvalue weighted by molar-refractivity contribution is 0.0652. The molecule has 0 saturated carbocycles. The van der Waals surface area contributed by atoms with Crippen LogP contribution in [0.1, 0.15) is 30.3 Å². The molecule has 1 amide bonds. The zero-order chi connectivity index (χ0) is 15.7. The molecule has 0 aliphatic carbocycles. The molecule has 2 N–H and O–H groups in total. The first-order valence-corrected chi connectivity index (χ1v) is 7.87. The van der Waals surface area contributed by atoms with Gasteiger partial charge in [0.05, 0.1) is 0 Å². The highest BCUT2D eigenvalue weighted by molar-refractivity contribution is 6.31. The Kier molecular flexibility index (Phi) is 4.12. The average molecular weight is 319 g/mol. The van der Waals surface area contributed by atoms with Gasteiger partial charge < -0.3 is 15.1 Å². The molecular weight excluding hydrogens is 300 g/mol. The maximum atomic E-state index is 12.5. The summed E-state index contributed by atoms with van der Waals surface area (Å²) in [5.41, 5.74) is 7.24. The van der Waals surface area contributed by atoms with Crippen molar-refractivity contribution in [3.63, 3.8) is 0 Å². The molecule has 1 aromatic heterocycles. The Morgan fingerprint density at radius 3 is 2.91 bits per heavy atom. The molecular formula is C17H19ClN2O2. The quantitative estimate of drug-likeness (QED) is 0.850. The molecule has 116 valence electrons. The SMILES string of the molecule is CC1CCCN(C(=O)c2ccc(-c3ccc(Cl)cc3N)o2)C1. The standard InChI is InChI=1S/C17H19ClN2O2/c1-11-3-2-8-20(10-11)17(21)16-7-6-15(22-16)13-5-4-12(18)9-14(13)19/h4-7,9,11H,2-3,8,10,19H2,1H3. The number of amides is 1. The Bertz CT molecular complexity index is 696. The number of furan rings is 1. The second-order valence-electron chi connectivity index (χ2n) is 5.89. The molecule has 4 nitrogen and oxygen atoms in total. The summed E-state index contributed by atoms with van der Waals surface area (Å²) in [7, 11) is 0. The van der Waals surface area contributed by atoms with Crippen molar-refractivity contribution in [3.8, 4) is 11.3 Å². The molecule has 2 heterocycles. The smallest absolute Gasteiger partial charge is 0.289 e. The molecule has 1 atom stereocenters. The van der Waals surface area contributed by atoms with Crippen molar-refractivity contribution in [2.75, 3.05) is 18.8 Å². The van der Waals surface area contributed by atoms with E-state index in [1.165, 1.54) is 6.42 Å². The zero-order valence-electron chi connectivity index (χ0n) is 12.5. The van der Waals surface area contributed by atoms with Crippen LogP contribution >= 0.6 is 11.6 Å². The Morgan fingerprint density at radius 2 is 2.18 bits per heavy atom. The minimum atomic E-state index is -0.0506. The summed E-state index contributed by atoms with van der Waals surface area (Å²) in [4.78, 5) is 14.4. The van der Waals surface area contributed by atoms with Gasteiger partial charge in [-0.1, -0.05) is 18.5 Å². The number of nitrogens with two attached hydrogens (primary N) is 1. The third kappa shape index (κ3) is 2.97. The number of nitrogen functional groups attached to an aromatic ring is 1. The molecule has 22 heavy (non-hydrogen) atoms. The van der Waals surface area contributed by atoms with E-state index in [-0.39, 0.29) is 5.91 Å². The fraction of sp³-hybridized carbons (Fsp3) is 0.353. The number of carbonyl (C=O) groups is 1. The highest BCUT2D eigenvalue weighted by Gasteiger charge is 2.24. The Balaban J connectivity index is 1.82. The lowest BCUT2D eigenvalue weighted by Gasteiger charge is -2.30. The van der Waals surface area contributed by atoms with E-state index >= 15 is 0 Å². The maximum absolute atomic E-state index is 12.5. The van der Waals surface area contributed by atoms with Crippen LogP contribution in [-0.2, 0) is 0 Å². The lowest BCUT2D eigenvalue weighted by atomic mass is 10.0. The molecule has 1 unspecified atom stereocenters. The Hall–Kier alpha value is -1.94. The Morgan fingerprint density at radius 1 is 1.36 bits per heavy atom. The van der Waals surface area contributed by atoms with Crippen LogP contribution in [0.3, 0.4) is 0 Å². The number of halogens is 1. The van der Waals surface area contributed by atoms with Crippen LogP contribution < -0.4 is 5.73 Å². The fourth-order valence-corrected chi connectivity index (χ4v) is 3.07. The van der Waals surface area contributed by atoms with Crippen molar-refractivity contribution in [2.45, 2.75) is 19.8 Å². The van der Waals surface area contributed by atoms with Crippen molar-refractivity contribution in [1.29, 1.82) is 0 Å². The van der Waals surface area contributed by atoms with Crippen LogP contribution in [0.25, 0.3) is 11.3 Å². The number of likely N-dealkylation sites (tertiary alicyclic amines) is 1. The molecule has 1 aliphatic heterocycles. The van der Waals surface area contributed by atoms with Crippen LogP contribution in [0, 0.1) is 5.92 Å². The van der Waals surface area contributed by atoms with Crippen molar-refractivity contribution in [3.05, 3.63) is 41.1 Å². The van der Waals surface area contributed by atoms with E-state index in [9.17, 15) is 4.79 Å². The van der Waals surface area contributed by atoms with Crippen molar-refractivity contribution < 1.29 is 9.21 Å². The molecule has 3 rings (SSSR count). The first-order chi connectivity index (χ1) is 10.5. The number of carbonyl (C=O) groups excluding carboxylic acids is 1. The van der Waals surface area contributed by atoms with Gasteiger partial charge in [0.2, 0.25) is 0 Å². The Labute approximate surface area is 134 Å².